The van der Waals surface area contributed by atoms with E-state index in [1.807, 2.05) is 0 Å². The topological polar surface area (TPSA) is 17.0 Å². The summed E-state index contributed by atoms with van der Waals surface area (Å²) in [6.45, 7) is 6.96. The fraction of sp³-hybridized carbons (Fsp3) is 0.211. The van der Waals surface area contributed by atoms with E-state index in [4.69, 9.17) is 4.42 Å². The van der Waals surface area contributed by atoms with Crippen LogP contribution in [0.15, 0.2) is 52.9 Å². The number of hydrogen-bond donors (Lipinski definition) is 0. The number of rotatable bonds is 1. The van der Waals surface area contributed by atoms with E-state index in [1.54, 1.807) is 0 Å². The van der Waals surface area contributed by atoms with Gasteiger partial charge in [-0.05, 0) is 23.7 Å². The highest BCUT2D eigenvalue weighted by molar-refractivity contribution is 7.02. The minimum absolute atomic E-state index is 0.971. The first-order valence-corrected chi connectivity index (χ1v) is 10.7. The Morgan fingerprint density at radius 3 is 2.27 bits per heavy atom. The highest BCUT2D eigenvalue weighted by atomic mass is 28.3. The number of fused-ring (bicyclic) bond motifs is 3. The van der Waals surface area contributed by atoms with Gasteiger partial charge in [0.25, 0.3) is 0 Å². The summed E-state index contributed by atoms with van der Waals surface area (Å²) >= 11 is 0. The second-order valence-corrected chi connectivity index (χ2v) is 10.9. The van der Waals surface area contributed by atoms with Crippen molar-refractivity contribution in [2.24, 2.45) is 7.05 Å². The standard InChI is InChI=1S/C19H20NOSi/c1-13-9-5-6-10-14(13)18-20(2)19-17(21-18)15-11-7-8-12-16(15)22(19,3)4/h5-12H,1-4H3/q+1. The minimum atomic E-state index is -1.69. The van der Waals surface area contributed by atoms with Gasteiger partial charge in [0.1, 0.15) is 7.05 Å². The zero-order valence-electron chi connectivity index (χ0n) is 13.5. The molecule has 3 heteroatoms. The van der Waals surface area contributed by atoms with Crippen molar-refractivity contribution in [1.29, 1.82) is 0 Å². The molecule has 0 unspecified atom stereocenters. The zero-order valence-corrected chi connectivity index (χ0v) is 14.5. The molecule has 4 rings (SSSR count). The number of oxazole rings is 1. The van der Waals surface area contributed by atoms with Gasteiger partial charge >= 0.3 is 5.89 Å². The lowest BCUT2D eigenvalue weighted by Crippen LogP contribution is -2.62. The fourth-order valence-electron chi connectivity index (χ4n) is 3.76. The molecule has 2 nitrogen and oxygen atoms in total. The molecule has 2 aromatic carbocycles. The summed E-state index contributed by atoms with van der Waals surface area (Å²) in [7, 11) is 0.457. The van der Waals surface area contributed by atoms with Crippen LogP contribution in [-0.2, 0) is 7.05 Å². The van der Waals surface area contributed by atoms with E-state index in [-0.39, 0.29) is 0 Å². The van der Waals surface area contributed by atoms with Gasteiger partial charge < -0.3 is 4.42 Å². The van der Waals surface area contributed by atoms with Gasteiger partial charge in [-0.1, -0.05) is 55.6 Å². The second-order valence-electron chi connectivity index (χ2n) is 6.63. The highest BCUT2D eigenvalue weighted by Gasteiger charge is 2.49. The van der Waals surface area contributed by atoms with E-state index in [1.165, 1.54) is 27.2 Å². The number of benzene rings is 2. The molecule has 0 aliphatic carbocycles. The third kappa shape index (κ3) is 1.63. The van der Waals surface area contributed by atoms with Crippen LogP contribution < -0.4 is 15.1 Å². The SMILES string of the molecule is Cc1ccccc1-c1oc2c([n+]1C)[Si](C)(C)c1ccccc1-2. The molecule has 22 heavy (non-hydrogen) atoms. The average molecular weight is 306 g/mol. The Morgan fingerprint density at radius 1 is 0.909 bits per heavy atom. The van der Waals surface area contributed by atoms with E-state index in [9.17, 15) is 0 Å². The average Bonchev–Trinajstić information content (AvgIpc) is 2.96. The molecule has 1 aliphatic heterocycles. The predicted octanol–water partition coefficient (Wildman–Crippen LogP) is 2.88. The normalized spacial score (nSPS) is 14.7. The Balaban J connectivity index is 2.03. The van der Waals surface area contributed by atoms with Crippen LogP contribution in [0, 0.1) is 6.92 Å². The van der Waals surface area contributed by atoms with Crippen molar-refractivity contribution in [2.45, 2.75) is 20.0 Å². The van der Waals surface area contributed by atoms with Crippen molar-refractivity contribution >= 4 is 18.6 Å². The van der Waals surface area contributed by atoms with E-state index >= 15 is 0 Å². The lowest BCUT2D eigenvalue weighted by molar-refractivity contribution is -0.646. The second kappa shape index (κ2) is 4.43. The van der Waals surface area contributed by atoms with Crippen molar-refractivity contribution < 1.29 is 8.98 Å². The molecule has 110 valence electrons. The maximum absolute atomic E-state index is 6.38. The summed E-state index contributed by atoms with van der Waals surface area (Å²) in [5.41, 5.74) is 3.71. The number of aryl methyl sites for hydroxylation is 1. The predicted molar refractivity (Wildman–Crippen MR) is 92.2 cm³/mol. The maximum atomic E-state index is 6.38. The third-order valence-corrected chi connectivity index (χ3v) is 8.40. The van der Waals surface area contributed by atoms with E-state index < -0.39 is 8.07 Å². The van der Waals surface area contributed by atoms with Crippen molar-refractivity contribution in [3.63, 3.8) is 0 Å². The fourth-order valence-corrected chi connectivity index (χ4v) is 7.09. The molecule has 0 atom stereocenters. The van der Waals surface area contributed by atoms with Crippen LogP contribution in [0.5, 0.6) is 0 Å². The van der Waals surface area contributed by atoms with Crippen LogP contribution in [0.25, 0.3) is 22.8 Å². The van der Waals surface area contributed by atoms with Gasteiger partial charge in [-0.2, -0.15) is 4.57 Å². The van der Waals surface area contributed by atoms with Gasteiger partial charge in [0.2, 0.25) is 11.1 Å². The third-order valence-electron chi connectivity index (χ3n) is 4.87. The van der Waals surface area contributed by atoms with E-state index in [2.05, 4.69) is 80.2 Å². The molecule has 1 aliphatic rings. The lowest BCUT2D eigenvalue weighted by atomic mass is 10.1. The zero-order chi connectivity index (χ0) is 15.5. The van der Waals surface area contributed by atoms with Gasteiger partial charge in [-0.15, -0.1) is 0 Å². The van der Waals surface area contributed by atoms with Gasteiger partial charge in [0.05, 0.1) is 5.56 Å². The highest BCUT2D eigenvalue weighted by Crippen LogP contribution is 2.31. The molecule has 0 N–H and O–H groups in total. The Bertz CT molecular complexity index is 892. The molecule has 2 heterocycles. The summed E-state index contributed by atoms with van der Waals surface area (Å²) in [4.78, 5) is 0. The molecule has 0 saturated heterocycles. The van der Waals surface area contributed by atoms with Gasteiger partial charge in [0, 0.05) is 5.56 Å². The van der Waals surface area contributed by atoms with Gasteiger partial charge in [-0.3, -0.25) is 0 Å². The Morgan fingerprint density at radius 2 is 1.55 bits per heavy atom. The molecule has 0 amide bonds. The molecule has 0 radical (unpaired) electrons. The van der Waals surface area contributed by atoms with Gasteiger partial charge in [0.15, 0.2) is 8.07 Å². The first-order valence-electron chi connectivity index (χ1n) is 7.71. The van der Waals surface area contributed by atoms with Crippen LogP contribution >= 0.6 is 0 Å². The Labute approximate surface area is 132 Å². The Kier molecular flexibility index (Phi) is 2.72. The largest absolute Gasteiger partial charge is 0.398 e. The number of aromatic nitrogens is 1. The molecular weight excluding hydrogens is 286 g/mol. The summed E-state index contributed by atoms with van der Waals surface area (Å²) in [6.07, 6.45) is 0. The minimum Gasteiger partial charge on any atom is -0.398 e. The summed E-state index contributed by atoms with van der Waals surface area (Å²) in [5.74, 6) is 2.05. The molecule has 3 aromatic rings. The van der Waals surface area contributed by atoms with Gasteiger partial charge in [-0.25, -0.2) is 0 Å². The lowest BCUT2D eigenvalue weighted by Gasteiger charge is -2.13. The Hall–Kier alpha value is -2.13. The first-order chi connectivity index (χ1) is 10.5. The summed E-state index contributed by atoms with van der Waals surface area (Å²) in [5, 5.41) is 2.88. The number of nitrogens with zero attached hydrogens (tertiary/aromatic N) is 1. The molecule has 0 saturated carbocycles. The van der Waals surface area contributed by atoms with Crippen LogP contribution in [0.4, 0.5) is 0 Å². The molecule has 0 bridgehead atoms. The summed E-state index contributed by atoms with van der Waals surface area (Å²) < 4.78 is 8.67. The van der Waals surface area contributed by atoms with Crippen molar-refractivity contribution in [1.82, 2.24) is 0 Å². The summed E-state index contributed by atoms with van der Waals surface area (Å²) in [6, 6.07) is 17.1. The quantitative estimate of drug-likeness (QED) is 0.499. The van der Waals surface area contributed by atoms with Crippen LogP contribution in [0.3, 0.4) is 0 Å². The van der Waals surface area contributed by atoms with Crippen molar-refractivity contribution in [3.05, 3.63) is 54.1 Å². The smallest absolute Gasteiger partial charge is 0.380 e. The molecular formula is C19H20NOSi+. The van der Waals surface area contributed by atoms with Crippen LogP contribution in [0.2, 0.25) is 13.1 Å². The molecule has 1 aromatic heterocycles. The van der Waals surface area contributed by atoms with Crippen LogP contribution in [0.1, 0.15) is 5.56 Å². The van der Waals surface area contributed by atoms with Crippen molar-refractivity contribution in [2.75, 3.05) is 0 Å². The monoisotopic (exact) mass is 306 g/mol. The maximum Gasteiger partial charge on any atom is 0.380 e. The van der Waals surface area contributed by atoms with E-state index in [0.717, 1.165) is 11.7 Å². The van der Waals surface area contributed by atoms with Crippen LogP contribution in [-0.4, -0.2) is 8.07 Å². The molecule has 0 spiro atoms. The van der Waals surface area contributed by atoms with Crippen molar-refractivity contribution in [3.8, 4) is 22.8 Å². The number of hydrogen-bond acceptors (Lipinski definition) is 1. The first kappa shape index (κ1) is 13.5. The molecule has 0 fully saturated rings. The van der Waals surface area contributed by atoms with E-state index in [0.29, 0.717) is 0 Å².